The van der Waals surface area contributed by atoms with Gasteiger partial charge >= 0.3 is 5.69 Å². The monoisotopic (exact) mass is 493 g/mol. The van der Waals surface area contributed by atoms with Gasteiger partial charge in [0.1, 0.15) is 5.52 Å². The van der Waals surface area contributed by atoms with Crippen LogP contribution in [0, 0.1) is 5.82 Å². The number of fused-ring (bicyclic) bond motifs is 2. The second kappa shape index (κ2) is 7.82. The van der Waals surface area contributed by atoms with E-state index in [1.54, 1.807) is 47.3 Å². The van der Waals surface area contributed by atoms with E-state index in [0.29, 0.717) is 50.1 Å². The number of nitrogens with one attached hydrogen (secondary N) is 2. The van der Waals surface area contributed by atoms with Crippen LogP contribution in [0.4, 0.5) is 4.39 Å². The van der Waals surface area contributed by atoms with Crippen LogP contribution in [-0.4, -0.2) is 34.7 Å². The molecule has 34 heavy (non-hydrogen) atoms. The summed E-state index contributed by atoms with van der Waals surface area (Å²) in [5.74, 6) is -0.511. The van der Waals surface area contributed by atoms with Gasteiger partial charge in [-0.1, -0.05) is 40.5 Å². The first-order valence-electron chi connectivity index (χ1n) is 10.2. The van der Waals surface area contributed by atoms with Crippen molar-refractivity contribution in [3.8, 4) is 16.9 Å². The average molecular weight is 494 g/mol. The van der Waals surface area contributed by atoms with Gasteiger partial charge in [-0.3, -0.25) is 4.68 Å². The zero-order chi connectivity index (χ0) is 23.4. The molecule has 11 heteroatoms. The van der Waals surface area contributed by atoms with Gasteiger partial charge in [0.2, 0.25) is 0 Å². The Morgan fingerprint density at radius 1 is 1.00 bits per heavy atom. The number of aromatic nitrogens is 7. The molecule has 6 aromatic rings. The van der Waals surface area contributed by atoms with Crippen molar-refractivity contribution >= 4 is 45.3 Å². The van der Waals surface area contributed by atoms with E-state index in [0.717, 1.165) is 5.56 Å². The molecule has 0 spiro atoms. The van der Waals surface area contributed by atoms with Gasteiger partial charge in [0.25, 0.3) is 0 Å². The lowest BCUT2D eigenvalue weighted by molar-refractivity contribution is 0.635. The second-order valence-electron chi connectivity index (χ2n) is 7.72. The van der Waals surface area contributed by atoms with Gasteiger partial charge in [0.15, 0.2) is 5.82 Å². The molecule has 3 heterocycles. The van der Waals surface area contributed by atoms with Crippen molar-refractivity contribution < 1.29 is 4.39 Å². The summed E-state index contributed by atoms with van der Waals surface area (Å²) < 4.78 is 18.3. The maximum Gasteiger partial charge on any atom is 0.323 e. The van der Waals surface area contributed by atoms with Crippen molar-refractivity contribution in [1.29, 1.82) is 0 Å². The fourth-order valence-corrected chi connectivity index (χ4v) is 4.39. The van der Waals surface area contributed by atoms with Crippen LogP contribution >= 0.6 is 23.2 Å². The Balaban J connectivity index is 1.46. The third kappa shape index (κ3) is 3.37. The maximum absolute atomic E-state index is 15.1. The molecule has 0 saturated heterocycles. The lowest BCUT2D eigenvalue weighted by atomic mass is 10.1. The Morgan fingerprint density at radius 3 is 2.74 bits per heavy atom. The summed E-state index contributed by atoms with van der Waals surface area (Å²) in [5.41, 5.74) is 4.28. The van der Waals surface area contributed by atoms with Crippen LogP contribution in [0.15, 0.2) is 65.6 Å². The van der Waals surface area contributed by atoms with Gasteiger partial charge in [-0.15, -0.1) is 5.10 Å². The van der Waals surface area contributed by atoms with Gasteiger partial charge in [-0.2, -0.15) is 5.10 Å². The second-order valence-corrected chi connectivity index (χ2v) is 8.51. The fraction of sp³-hybridized carbons (Fsp3) is 0.0435. The fourth-order valence-electron chi connectivity index (χ4n) is 4.01. The summed E-state index contributed by atoms with van der Waals surface area (Å²) in [5, 5.41) is 13.5. The van der Waals surface area contributed by atoms with Crippen molar-refractivity contribution in [2.24, 2.45) is 0 Å². The molecule has 3 aromatic carbocycles. The summed E-state index contributed by atoms with van der Waals surface area (Å²) in [6, 6.07) is 15.7. The van der Waals surface area contributed by atoms with E-state index in [4.69, 9.17) is 23.2 Å². The third-order valence-electron chi connectivity index (χ3n) is 5.61. The molecular weight excluding hydrogens is 480 g/mol. The van der Waals surface area contributed by atoms with Crippen LogP contribution in [0.2, 0.25) is 10.0 Å². The molecular formula is C23H14Cl2FN7O. The van der Waals surface area contributed by atoms with Gasteiger partial charge in [0.05, 0.1) is 44.5 Å². The molecule has 0 aliphatic rings. The standard InChI is InChI=1S/C23H14Cl2FN7O/c24-15-3-1-2-12(21(15)25)11-32-19(6-7-27-32)13-8-16(26)22-20(9-13)33(31-30-22)14-4-5-17-18(10-14)29-23(34)28-17/h1-10H,11H2,(H2,28,29,34). The molecule has 8 nitrogen and oxygen atoms in total. The highest BCUT2D eigenvalue weighted by atomic mass is 35.5. The quantitative estimate of drug-likeness (QED) is 0.363. The number of hydrogen-bond acceptors (Lipinski definition) is 4. The van der Waals surface area contributed by atoms with Crippen LogP contribution in [0.5, 0.6) is 0 Å². The summed E-state index contributed by atoms with van der Waals surface area (Å²) in [4.78, 5) is 17.0. The van der Waals surface area contributed by atoms with Crippen LogP contribution < -0.4 is 5.69 Å². The first-order valence-corrected chi connectivity index (χ1v) is 11.0. The molecule has 0 aliphatic carbocycles. The molecule has 0 unspecified atom stereocenters. The summed E-state index contributed by atoms with van der Waals surface area (Å²) in [6.07, 6.45) is 1.64. The Kier molecular flexibility index (Phi) is 4.75. The van der Waals surface area contributed by atoms with Gasteiger partial charge < -0.3 is 9.97 Å². The molecule has 0 aliphatic heterocycles. The van der Waals surface area contributed by atoms with Crippen molar-refractivity contribution in [3.63, 3.8) is 0 Å². The van der Waals surface area contributed by atoms with E-state index >= 15 is 4.39 Å². The Bertz CT molecular complexity index is 1760. The molecule has 0 amide bonds. The van der Waals surface area contributed by atoms with Crippen molar-refractivity contribution in [2.45, 2.75) is 6.54 Å². The number of imidazole rings is 1. The maximum atomic E-state index is 15.1. The largest absolute Gasteiger partial charge is 0.323 e. The average Bonchev–Trinajstić information content (AvgIpc) is 3.53. The minimum Gasteiger partial charge on any atom is -0.306 e. The number of hydrogen-bond donors (Lipinski definition) is 2. The summed E-state index contributed by atoms with van der Waals surface area (Å²) in [6.45, 7) is 0.358. The van der Waals surface area contributed by atoms with E-state index in [1.807, 2.05) is 12.1 Å². The highest BCUT2D eigenvalue weighted by molar-refractivity contribution is 6.42. The van der Waals surface area contributed by atoms with Gasteiger partial charge in [-0.05, 0) is 48.0 Å². The topological polar surface area (TPSA) is 97.2 Å². The molecule has 2 N–H and O–H groups in total. The molecule has 168 valence electrons. The van der Waals surface area contributed by atoms with Crippen LogP contribution in [0.1, 0.15) is 5.56 Å². The van der Waals surface area contributed by atoms with E-state index in [2.05, 4.69) is 25.4 Å². The predicted octanol–water partition coefficient (Wildman–Crippen LogP) is 4.95. The number of aromatic amines is 2. The van der Waals surface area contributed by atoms with Crippen LogP contribution in [-0.2, 0) is 6.54 Å². The number of benzene rings is 3. The van der Waals surface area contributed by atoms with Crippen molar-refractivity contribution in [3.05, 3.63) is 92.7 Å². The minimum atomic E-state index is -0.511. The van der Waals surface area contributed by atoms with E-state index in [9.17, 15) is 4.79 Å². The third-order valence-corrected chi connectivity index (χ3v) is 6.47. The van der Waals surface area contributed by atoms with E-state index < -0.39 is 5.82 Å². The van der Waals surface area contributed by atoms with Gasteiger partial charge in [0, 0.05) is 11.8 Å². The van der Waals surface area contributed by atoms with Gasteiger partial charge in [-0.25, -0.2) is 13.9 Å². The molecule has 0 fully saturated rings. The molecule has 0 bridgehead atoms. The normalized spacial score (nSPS) is 11.6. The van der Waals surface area contributed by atoms with Crippen molar-refractivity contribution in [2.75, 3.05) is 0 Å². The summed E-state index contributed by atoms with van der Waals surface area (Å²) >= 11 is 12.5. The molecule has 6 rings (SSSR count). The molecule has 0 radical (unpaired) electrons. The van der Waals surface area contributed by atoms with Crippen molar-refractivity contribution in [1.82, 2.24) is 34.7 Å². The lowest BCUT2D eigenvalue weighted by Crippen LogP contribution is -2.05. The predicted molar refractivity (Wildman–Crippen MR) is 128 cm³/mol. The first-order chi connectivity index (χ1) is 16.5. The smallest absolute Gasteiger partial charge is 0.306 e. The zero-order valence-electron chi connectivity index (χ0n) is 17.3. The number of rotatable bonds is 4. The zero-order valence-corrected chi connectivity index (χ0v) is 18.8. The molecule has 0 atom stereocenters. The Labute approximate surface area is 200 Å². The highest BCUT2D eigenvalue weighted by Crippen LogP contribution is 2.30. The van der Waals surface area contributed by atoms with E-state index in [-0.39, 0.29) is 11.2 Å². The van der Waals surface area contributed by atoms with Crippen LogP contribution in [0.3, 0.4) is 0 Å². The molecule has 3 aromatic heterocycles. The van der Waals surface area contributed by atoms with E-state index in [1.165, 1.54) is 10.7 Å². The number of halogens is 3. The minimum absolute atomic E-state index is 0.135. The number of nitrogens with zero attached hydrogens (tertiary/aromatic N) is 5. The van der Waals surface area contributed by atoms with Crippen LogP contribution in [0.25, 0.3) is 39.0 Å². The Hall–Kier alpha value is -3.95. The SMILES string of the molecule is O=c1[nH]c2ccc(-n3nnc4c(F)cc(-c5ccnn5Cc5cccc(Cl)c5Cl)cc43)cc2[nH]1. The summed E-state index contributed by atoms with van der Waals surface area (Å²) in [7, 11) is 0. The number of H-pyrrole nitrogens is 2. The first kappa shape index (κ1) is 20.6. The highest BCUT2D eigenvalue weighted by Gasteiger charge is 2.17. The molecule has 0 saturated carbocycles. The lowest BCUT2D eigenvalue weighted by Gasteiger charge is -2.11. The Morgan fingerprint density at radius 2 is 1.85 bits per heavy atom.